The Hall–Kier alpha value is 0.110. The van der Waals surface area contributed by atoms with E-state index in [4.69, 9.17) is 5.73 Å². The highest BCUT2D eigenvalue weighted by molar-refractivity contribution is 7.84. The molecule has 0 radical (unpaired) electrons. The first kappa shape index (κ1) is 10.1. The average Bonchev–Trinajstić information content (AvgIpc) is 1.88. The van der Waals surface area contributed by atoms with Gasteiger partial charge in [-0.2, -0.15) is 0 Å². The number of hydrogen-bond acceptors (Lipinski definition) is 2. The fourth-order valence-corrected chi connectivity index (χ4v) is 2.09. The molecule has 0 aromatic heterocycles. The molecule has 0 amide bonds. The molecule has 0 aliphatic carbocycles. The second-order valence-corrected chi connectivity index (χ2v) is 4.27. The van der Waals surface area contributed by atoms with Crippen LogP contribution in [0.25, 0.3) is 0 Å². The summed E-state index contributed by atoms with van der Waals surface area (Å²) in [7, 11) is -0.630. The predicted molar refractivity (Wildman–Crippen MR) is 46.4 cm³/mol. The van der Waals surface area contributed by atoms with Gasteiger partial charge in [0.15, 0.2) is 0 Å². The van der Waals surface area contributed by atoms with Crippen molar-refractivity contribution in [1.29, 1.82) is 0 Å². The van der Waals surface area contributed by atoms with E-state index in [-0.39, 0.29) is 0 Å². The van der Waals surface area contributed by atoms with Crippen molar-refractivity contribution in [2.45, 2.75) is 20.3 Å². The maximum atomic E-state index is 11.1. The lowest BCUT2D eigenvalue weighted by atomic mass is 10.2. The largest absolute Gasteiger partial charge is 0.330 e. The van der Waals surface area contributed by atoms with E-state index in [2.05, 4.69) is 0 Å². The van der Waals surface area contributed by atoms with Crippen molar-refractivity contribution < 1.29 is 4.21 Å². The molecule has 10 heavy (non-hydrogen) atoms. The average molecular weight is 163 g/mol. The van der Waals surface area contributed by atoms with Crippen LogP contribution in [0.1, 0.15) is 20.3 Å². The Labute approximate surface area is 65.6 Å². The zero-order chi connectivity index (χ0) is 7.98. The lowest BCUT2D eigenvalue weighted by Crippen LogP contribution is -2.18. The van der Waals surface area contributed by atoms with Crippen molar-refractivity contribution in [3.8, 4) is 0 Å². The van der Waals surface area contributed by atoms with E-state index in [9.17, 15) is 4.21 Å². The van der Waals surface area contributed by atoms with Crippen molar-refractivity contribution >= 4 is 10.8 Å². The lowest BCUT2D eigenvalue weighted by molar-refractivity contribution is 0.640. The first-order valence-electron chi connectivity index (χ1n) is 3.75. The van der Waals surface area contributed by atoms with E-state index >= 15 is 0 Å². The van der Waals surface area contributed by atoms with Gasteiger partial charge in [-0.3, -0.25) is 4.21 Å². The maximum absolute atomic E-state index is 11.1. The summed E-state index contributed by atoms with van der Waals surface area (Å²) >= 11 is 0. The Bertz CT molecular complexity index is 106. The molecule has 0 rings (SSSR count). The van der Waals surface area contributed by atoms with Gasteiger partial charge < -0.3 is 5.73 Å². The monoisotopic (exact) mass is 163 g/mol. The summed E-state index contributed by atoms with van der Waals surface area (Å²) in [6, 6.07) is 0. The van der Waals surface area contributed by atoms with E-state index in [0.29, 0.717) is 12.5 Å². The molecule has 0 fully saturated rings. The highest BCUT2D eigenvalue weighted by Gasteiger charge is 2.03. The Balaban J connectivity index is 3.37. The van der Waals surface area contributed by atoms with Crippen molar-refractivity contribution in [3.63, 3.8) is 0 Å². The number of hydrogen-bond donors (Lipinski definition) is 1. The van der Waals surface area contributed by atoms with Crippen molar-refractivity contribution in [2.24, 2.45) is 11.7 Å². The summed E-state index contributed by atoms with van der Waals surface area (Å²) in [5, 5.41) is 0. The van der Waals surface area contributed by atoms with Gasteiger partial charge in [-0.25, -0.2) is 0 Å². The van der Waals surface area contributed by atoms with Crippen LogP contribution in [0.3, 0.4) is 0 Å². The first-order chi connectivity index (χ1) is 4.70. The minimum Gasteiger partial charge on any atom is -0.330 e. The highest BCUT2D eigenvalue weighted by Crippen LogP contribution is 1.96. The molecule has 2 N–H and O–H groups in total. The molecule has 0 bridgehead atoms. The fraction of sp³-hybridized carbons (Fsp3) is 1.00. The third-order valence-corrected chi connectivity index (χ3v) is 3.11. The molecular formula is C7H17NOS. The van der Waals surface area contributed by atoms with Crippen molar-refractivity contribution in [2.75, 3.05) is 18.1 Å². The molecule has 0 heterocycles. The van der Waals surface area contributed by atoms with Gasteiger partial charge in [0.05, 0.1) is 0 Å². The van der Waals surface area contributed by atoms with Crippen LogP contribution >= 0.6 is 0 Å². The first-order valence-corrected chi connectivity index (χ1v) is 5.24. The van der Waals surface area contributed by atoms with Crippen LogP contribution in [0, 0.1) is 5.92 Å². The van der Waals surface area contributed by atoms with E-state index in [1.54, 1.807) is 0 Å². The zero-order valence-electron chi connectivity index (χ0n) is 6.80. The normalized spacial score (nSPS) is 16.7. The minimum atomic E-state index is -0.630. The summed E-state index contributed by atoms with van der Waals surface area (Å²) in [6.45, 7) is 4.73. The summed E-state index contributed by atoms with van der Waals surface area (Å²) < 4.78 is 11.1. The van der Waals surface area contributed by atoms with Crippen LogP contribution in [-0.2, 0) is 10.8 Å². The molecule has 0 spiro atoms. The quantitative estimate of drug-likeness (QED) is 0.649. The molecular weight excluding hydrogens is 146 g/mol. The van der Waals surface area contributed by atoms with E-state index in [1.165, 1.54) is 0 Å². The third kappa shape index (κ3) is 4.94. The zero-order valence-corrected chi connectivity index (χ0v) is 7.62. The van der Waals surface area contributed by atoms with E-state index in [1.807, 2.05) is 13.8 Å². The van der Waals surface area contributed by atoms with Gasteiger partial charge in [0.1, 0.15) is 0 Å². The summed E-state index contributed by atoms with van der Waals surface area (Å²) in [4.78, 5) is 0. The molecule has 62 valence electrons. The molecule has 0 aliphatic rings. The molecule has 2 nitrogen and oxygen atoms in total. The van der Waals surface area contributed by atoms with Crippen LogP contribution in [0.5, 0.6) is 0 Å². The highest BCUT2D eigenvalue weighted by atomic mass is 32.2. The second kappa shape index (κ2) is 5.86. The number of rotatable bonds is 5. The third-order valence-electron chi connectivity index (χ3n) is 1.30. The van der Waals surface area contributed by atoms with Crippen molar-refractivity contribution in [1.82, 2.24) is 0 Å². The predicted octanol–water partition coefficient (Wildman–Crippen LogP) is 0.740. The standard InChI is InChI=1S/C7H17NOS/c1-3-4-10(9)6-7(2)5-8/h7H,3-6,8H2,1-2H3. The van der Waals surface area contributed by atoms with E-state index < -0.39 is 10.8 Å². The van der Waals surface area contributed by atoms with Gasteiger partial charge in [0.25, 0.3) is 0 Å². The second-order valence-electron chi connectivity index (χ2n) is 2.65. The molecule has 3 heteroatoms. The molecule has 0 aromatic carbocycles. The Morgan fingerprint density at radius 2 is 2.20 bits per heavy atom. The van der Waals surface area contributed by atoms with Crippen LogP contribution in [0.2, 0.25) is 0 Å². The van der Waals surface area contributed by atoms with Crippen LogP contribution in [-0.4, -0.2) is 22.3 Å². The molecule has 0 aliphatic heterocycles. The molecule has 2 atom stereocenters. The molecule has 2 unspecified atom stereocenters. The smallest absolute Gasteiger partial charge is 0.0272 e. The Kier molecular flexibility index (Phi) is 5.93. The minimum absolute atomic E-state index is 0.410. The SMILES string of the molecule is CCCS(=O)CC(C)CN. The lowest BCUT2D eigenvalue weighted by Gasteiger charge is -2.05. The van der Waals surface area contributed by atoms with Gasteiger partial charge in [-0.1, -0.05) is 13.8 Å². The number of nitrogens with two attached hydrogens (primary N) is 1. The van der Waals surface area contributed by atoms with Gasteiger partial charge in [-0.05, 0) is 18.9 Å². The van der Waals surface area contributed by atoms with Crippen LogP contribution in [0.4, 0.5) is 0 Å². The fourth-order valence-electron chi connectivity index (χ4n) is 0.696. The van der Waals surface area contributed by atoms with Crippen molar-refractivity contribution in [3.05, 3.63) is 0 Å². The van der Waals surface area contributed by atoms with E-state index in [0.717, 1.165) is 17.9 Å². The van der Waals surface area contributed by atoms with Gasteiger partial charge in [0.2, 0.25) is 0 Å². The summed E-state index contributed by atoms with van der Waals surface area (Å²) in [6.07, 6.45) is 1.00. The van der Waals surface area contributed by atoms with Gasteiger partial charge >= 0.3 is 0 Å². The summed E-state index contributed by atoms with van der Waals surface area (Å²) in [5.41, 5.74) is 5.38. The topological polar surface area (TPSA) is 43.1 Å². The molecule has 0 saturated heterocycles. The Morgan fingerprint density at radius 1 is 1.60 bits per heavy atom. The summed E-state index contributed by atoms with van der Waals surface area (Å²) in [5.74, 6) is 2.00. The Morgan fingerprint density at radius 3 is 2.60 bits per heavy atom. The van der Waals surface area contributed by atoms with Crippen LogP contribution in [0.15, 0.2) is 0 Å². The molecule has 0 aromatic rings. The van der Waals surface area contributed by atoms with Gasteiger partial charge in [-0.15, -0.1) is 0 Å². The maximum Gasteiger partial charge on any atom is 0.0272 e. The van der Waals surface area contributed by atoms with Gasteiger partial charge in [0, 0.05) is 22.3 Å². The van der Waals surface area contributed by atoms with Crippen LogP contribution < -0.4 is 5.73 Å². The molecule has 0 saturated carbocycles.